The SMILES string of the molecule is Cc1ccc(S(=O)(=O)Oc2ccn3ncc(I)c3c2)c(C)c1. The second-order valence-corrected chi connectivity index (χ2v) is 7.67. The van der Waals surface area contributed by atoms with E-state index >= 15 is 0 Å². The molecule has 5 nitrogen and oxygen atoms in total. The van der Waals surface area contributed by atoms with Gasteiger partial charge in [-0.05, 0) is 48.1 Å². The highest BCUT2D eigenvalue weighted by Crippen LogP contribution is 2.24. The number of hydrogen-bond donors (Lipinski definition) is 0. The van der Waals surface area contributed by atoms with Gasteiger partial charge in [-0.25, -0.2) is 4.52 Å². The molecule has 0 amide bonds. The van der Waals surface area contributed by atoms with E-state index in [4.69, 9.17) is 4.18 Å². The number of aromatic nitrogens is 2. The second kappa shape index (κ2) is 5.54. The molecule has 0 aliphatic heterocycles. The highest BCUT2D eigenvalue weighted by Gasteiger charge is 2.19. The molecular weight excluding hydrogens is 415 g/mol. The first-order valence-corrected chi connectivity index (χ1v) is 9.00. The van der Waals surface area contributed by atoms with Crippen molar-refractivity contribution < 1.29 is 12.6 Å². The molecule has 3 aromatic rings. The monoisotopic (exact) mass is 428 g/mol. The van der Waals surface area contributed by atoms with Crippen LogP contribution in [0.3, 0.4) is 0 Å². The van der Waals surface area contributed by atoms with Crippen LogP contribution in [0, 0.1) is 17.4 Å². The summed E-state index contributed by atoms with van der Waals surface area (Å²) >= 11 is 2.14. The van der Waals surface area contributed by atoms with E-state index in [2.05, 4.69) is 27.7 Å². The predicted octanol–water partition coefficient (Wildman–Crippen LogP) is 3.32. The Balaban J connectivity index is 2.00. The van der Waals surface area contributed by atoms with Crippen LogP contribution in [0.25, 0.3) is 5.52 Å². The van der Waals surface area contributed by atoms with Crippen LogP contribution in [0.15, 0.2) is 47.6 Å². The lowest BCUT2D eigenvalue weighted by Gasteiger charge is -2.10. The van der Waals surface area contributed by atoms with Crippen LogP contribution in [0.1, 0.15) is 11.1 Å². The zero-order chi connectivity index (χ0) is 15.9. The Bertz CT molecular complexity index is 964. The van der Waals surface area contributed by atoms with Gasteiger partial charge in [0, 0.05) is 18.3 Å². The maximum Gasteiger partial charge on any atom is 0.339 e. The molecule has 0 unspecified atom stereocenters. The molecule has 0 aliphatic carbocycles. The zero-order valence-corrected chi connectivity index (χ0v) is 14.9. The minimum atomic E-state index is -3.86. The molecule has 2 heterocycles. The van der Waals surface area contributed by atoms with Crippen LogP contribution < -0.4 is 4.18 Å². The van der Waals surface area contributed by atoms with Crippen LogP contribution in [0.2, 0.25) is 0 Å². The average molecular weight is 428 g/mol. The van der Waals surface area contributed by atoms with Crippen LogP contribution in [-0.4, -0.2) is 18.0 Å². The molecular formula is C15H13IN2O3S. The van der Waals surface area contributed by atoms with Gasteiger partial charge in [-0.1, -0.05) is 17.7 Å². The predicted molar refractivity (Wildman–Crippen MR) is 91.6 cm³/mol. The van der Waals surface area contributed by atoms with Crippen molar-refractivity contribution in [1.82, 2.24) is 9.61 Å². The molecule has 22 heavy (non-hydrogen) atoms. The first kappa shape index (κ1) is 15.3. The number of fused-ring (bicyclic) bond motifs is 1. The summed E-state index contributed by atoms with van der Waals surface area (Å²) in [6.07, 6.45) is 3.38. The lowest BCUT2D eigenvalue weighted by Crippen LogP contribution is -2.11. The van der Waals surface area contributed by atoms with E-state index in [0.29, 0.717) is 5.56 Å². The van der Waals surface area contributed by atoms with Gasteiger partial charge in [0.1, 0.15) is 10.6 Å². The van der Waals surface area contributed by atoms with Gasteiger partial charge >= 0.3 is 10.1 Å². The van der Waals surface area contributed by atoms with Crippen molar-refractivity contribution in [3.8, 4) is 5.75 Å². The van der Waals surface area contributed by atoms with Crippen molar-refractivity contribution in [2.45, 2.75) is 18.7 Å². The Morgan fingerprint density at radius 2 is 1.95 bits per heavy atom. The normalized spacial score (nSPS) is 11.8. The van der Waals surface area contributed by atoms with Crippen molar-refractivity contribution in [1.29, 1.82) is 0 Å². The summed E-state index contributed by atoms with van der Waals surface area (Å²) in [6.45, 7) is 3.67. The van der Waals surface area contributed by atoms with Crippen molar-refractivity contribution in [3.63, 3.8) is 0 Å². The van der Waals surface area contributed by atoms with Crippen LogP contribution >= 0.6 is 22.6 Å². The number of benzene rings is 1. The summed E-state index contributed by atoms with van der Waals surface area (Å²) in [4.78, 5) is 0.182. The molecule has 0 atom stereocenters. The topological polar surface area (TPSA) is 60.7 Å². The Kier molecular flexibility index (Phi) is 3.85. The fraction of sp³-hybridized carbons (Fsp3) is 0.133. The minimum Gasteiger partial charge on any atom is -0.379 e. The van der Waals surface area contributed by atoms with Gasteiger partial charge in [-0.3, -0.25) is 0 Å². The van der Waals surface area contributed by atoms with E-state index in [1.54, 1.807) is 48.1 Å². The Morgan fingerprint density at radius 3 is 2.68 bits per heavy atom. The molecule has 0 fully saturated rings. The van der Waals surface area contributed by atoms with Crippen molar-refractivity contribution in [2.75, 3.05) is 0 Å². The summed E-state index contributed by atoms with van der Waals surface area (Å²) in [5.41, 5.74) is 2.47. The summed E-state index contributed by atoms with van der Waals surface area (Å²) in [5.74, 6) is 0.269. The first-order valence-electron chi connectivity index (χ1n) is 6.51. The maximum atomic E-state index is 12.4. The molecule has 7 heteroatoms. The Morgan fingerprint density at radius 1 is 1.18 bits per heavy atom. The summed E-state index contributed by atoms with van der Waals surface area (Å²) < 4.78 is 32.7. The zero-order valence-electron chi connectivity index (χ0n) is 11.9. The number of halogens is 1. The van der Waals surface area contributed by atoms with Crippen molar-refractivity contribution >= 4 is 38.2 Å². The van der Waals surface area contributed by atoms with E-state index in [0.717, 1.165) is 14.7 Å². The molecule has 0 radical (unpaired) electrons. The van der Waals surface area contributed by atoms with Gasteiger partial charge in [0.2, 0.25) is 0 Å². The van der Waals surface area contributed by atoms with Crippen LogP contribution in [0.5, 0.6) is 5.75 Å². The molecule has 2 aromatic heterocycles. The lowest BCUT2D eigenvalue weighted by molar-refractivity contribution is 0.485. The summed E-state index contributed by atoms with van der Waals surface area (Å²) in [7, 11) is -3.86. The summed E-state index contributed by atoms with van der Waals surface area (Å²) in [6, 6.07) is 8.39. The number of hydrogen-bond acceptors (Lipinski definition) is 4. The molecule has 0 saturated heterocycles. The van der Waals surface area contributed by atoms with E-state index in [1.807, 2.05) is 13.0 Å². The number of aryl methyl sites for hydroxylation is 2. The quantitative estimate of drug-likeness (QED) is 0.475. The Labute approximate surface area is 142 Å². The van der Waals surface area contributed by atoms with Gasteiger partial charge in [0.15, 0.2) is 0 Å². The van der Waals surface area contributed by atoms with Gasteiger partial charge in [0.25, 0.3) is 0 Å². The number of rotatable bonds is 3. The molecule has 0 spiro atoms. The molecule has 1 aromatic carbocycles. The largest absolute Gasteiger partial charge is 0.379 e. The van der Waals surface area contributed by atoms with E-state index < -0.39 is 10.1 Å². The highest BCUT2D eigenvalue weighted by atomic mass is 127. The third-order valence-corrected chi connectivity index (χ3v) is 5.49. The fourth-order valence-electron chi connectivity index (χ4n) is 2.23. The fourth-order valence-corrected chi connectivity index (χ4v) is 3.90. The van der Waals surface area contributed by atoms with Gasteiger partial charge in [0.05, 0.1) is 15.3 Å². The van der Waals surface area contributed by atoms with Gasteiger partial charge in [-0.15, -0.1) is 0 Å². The van der Waals surface area contributed by atoms with Crippen molar-refractivity contribution in [3.05, 3.63) is 57.4 Å². The molecule has 0 bridgehead atoms. The molecule has 0 saturated carbocycles. The maximum absolute atomic E-state index is 12.4. The standard InChI is InChI=1S/C15H13IN2O3S/c1-10-3-4-15(11(2)7-10)22(19,20)21-12-5-6-18-14(8-12)13(16)9-17-18/h3-9H,1-2H3. The second-order valence-electron chi connectivity index (χ2n) is 4.99. The van der Waals surface area contributed by atoms with E-state index in [9.17, 15) is 8.42 Å². The number of nitrogens with zero attached hydrogens (tertiary/aromatic N) is 2. The lowest BCUT2D eigenvalue weighted by atomic mass is 10.2. The van der Waals surface area contributed by atoms with E-state index in [-0.39, 0.29) is 10.6 Å². The van der Waals surface area contributed by atoms with Crippen LogP contribution in [-0.2, 0) is 10.1 Å². The third-order valence-electron chi connectivity index (χ3n) is 3.25. The molecule has 0 N–H and O–H groups in total. The molecule has 3 rings (SSSR count). The van der Waals surface area contributed by atoms with Crippen LogP contribution in [0.4, 0.5) is 0 Å². The minimum absolute atomic E-state index is 0.182. The Hall–Kier alpha value is -1.61. The van der Waals surface area contributed by atoms with Gasteiger partial charge < -0.3 is 4.18 Å². The van der Waals surface area contributed by atoms with E-state index in [1.165, 1.54) is 0 Å². The number of pyridine rings is 1. The highest BCUT2D eigenvalue weighted by molar-refractivity contribution is 14.1. The molecule has 0 aliphatic rings. The first-order chi connectivity index (χ1) is 10.4. The average Bonchev–Trinajstić information content (AvgIpc) is 2.79. The smallest absolute Gasteiger partial charge is 0.339 e. The third kappa shape index (κ3) is 2.82. The summed E-state index contributed by atoms with van der Waals surface area (Å²) in [5, 5.41) is 4.14. The molecule has 114 valence electrons. The van der Waals surface area contributed by atoms with Crippen molar-refractivity contribution in [2.24, 2.45) is 0 Å². The van der Waals surface area contributed by atoms with Gasteiger partial charge in [-0.2, -0.15) is 13.5 Å².